The minimum atomic E-state index is -4.80. The molecule has 0 atom stereocenters. The van der Waals surface area contributed by atoms with E-state index in [1.165, 1.54) is 13.8 Å². The monoisotopic (exact) mass is 422 g/mol. The van der Waals surface area contributed by atoms with Crippen molar-refractivity contribution in [2.24, 2.45) is 5.41 Å². The Morgan fingerprint density at radius 3 is 2.38 bits per heavy atom. The molecule has 8 heteroatoms. The van der Waals surface area contributed by atoms with Crippen molar-refractivity contribution in [3.05, 3.63) is 65.9 Å². The number of carbonyl (C=O) groups excluding carboxylic acids is 1. The van der Waals surface area contributed by atoms with Crippen LogP contribution in [-0.4, -0.2) is 21.9 Å². The summed E-state index contributed by atoms with van der Waals surface area (Å²) in [5, 5.41) is 6.04. The van der Waals surface area contributed by atoms with Crippen molar-refractivity contribution in [1.29, 1.82) is 0 Å². The summed E-state index contributed by atoms with van der Waals surface area (Å²) in [6.07, 6.45) is -4.80. The lowest BCUT2D eigenvalue weighted by Gasteiger charge is -2.23. The molecular weight excluding hydrogens is 405 g/mol. The molecule has 0 saturated carbocycles. The largest absolute Gasteiger partial charge is 0.449 e. The van der Waals surface area contributed by atoms with Crippen LogP contribution >= 0.6 is 11.6 Å². The van der Waals surface area contributed by atoms with Crippen molar-refractivity contribution >= 4 is 28.5 Å². The van der Waals surface area contributed by atoms with Crippen LogP contribution in [0.2, 0.25) is 5.02 Å². The average Bonchev–Trinajstić information content (AvgIpc) is 2.99. The second-order valence-electron chi connectivity index (χ2n) is 7.22. The van der Waals surface area contributed by atoms with Crippen molar-refractivity contribution in [1.82, 2.24) is 9.78 Å². The van der Waals surface area contributed by atoms with Gasteiger partial charge in [-0.25, -0.2) is 0 Å². The summed E-state index contributed by atoms with van der Waals surface area (Å²) in [6, 6.07) is 14.5. The summed E-state index contributed by atoms with van der Waals surface area (Å²) in [7, 11) is 0. The lowest BCUT2D eigenvalue weighted by Crippen LogP contribution is -2.33. The maximum absolute atomic E-state index is 12.6. The van der Waals surface area contributed by atoms with E-state index in [0.717, 1.165) is 16.5 Å². The van der Waals surface area contributed by atoms with Gasteiger partial charge in [-0.2, -0.15) is 18.3 Å². The Morgan fingerprint density at radius 1 is 1.14 bits per heavy atom. The molecule has 0 fully saturated rings. The van der Waals surface area contributed by atoms with E-state index in [4.69, 9.17) is 11.6 Å². The smallest absolute Gasteiger partial charge is 0.422 e. The summed E-state index contributed by atoms with van der Waals surface area (Å²) in [5.41, 5.74) is 0.976. The summed E-state index contributed by atoms with van der Waals surface area (Å²) in [6.45, 7) is 5.80. The Morgan fingerprint density at radius 2 is 1.76 bits per heavy atom. The number of hydrogen-bond acceptors (Lipinski definition) is 3. The van der Waals surface area contributed by atoms with E-state index in [-0.39, 0.29) is 6.54 Å². The molecule has 0 unspecified atom stereocenters. The number of ether oxygens (including phenoxy) is 1. The van der Waals surface area contributed by atoms with Crippen molar-refractivity contribution < 1.29 is 22.7 Å². The van der Waals surface area contributed by atoms with Gasteiger partial charge in [0.1, 0.15) is 5.69 Å². The fraction of sp³-hybridized carbons (Fsp3) is 0.238. The number of allylic oxidation sites excluding steroid dienone is 1. The van der Waals surface area contributed by atoms with E-state index in [9.17, 15) is 18.0 Å². The molecule has 2 aromatic carbocycles. The average molecular weight is 423 g/mol. The minimum absolute atomic E-state index is 0.0189. The van der Waals surface area contributed by atoms with Crippen LogP contribution in [0.1, 0.15) is 13.8 Å². The first kappa shape index (κ1) is 20.9. The highest BCUT2D eigenvalue weighted by Gasteiger charge is 2.39. The highest BCUT2D eigenvalue weighted by molar-refractivity contribution is 6.30. The lowest BCUT2D eigenvalue weighted by molar-refractivity contribution is -0.168. The Hall–Kier alpha value is -2.80. The maximum Gasteiger partial charge on any atom is 0.449 e. The molecular formula is C21H18ClF3N2O2. The van der Waals surface area contributed by atoms with Gasteiger partial charge in [0.15, 0.2) is 0 Å². The number of esters is 1. The first-order valence-corrected chi connectivity index (χ1v) is 9.07. The van der Waals surface area contributed by atoms with Crippen LogP contribution in [-0.2, 0) is 16.1 Å². The fourth-order valence-corrected chi connectivity index (χ4v) is 2.94. The maximum atomic E-state index is 12.6. The molecule has 0 radical (unpaired) electrons. The van der Waals surface area contributed by atoms with Gasteiger partial charge in [-0.05, 0) is 32.0 Å². The predicted molar refractivity (Wildman–Crippen MR) is 105 cm³/mol. The molecule has 4 nitrogen and oxygen atoms in total. The normalized spacial score (nSPS) is 12.2. The first-order chi connectivity index (χ1) is 13.5. The molecule has 0 aliphatic heterocycles. The molecule has 1 aromatic heterocycles. The quantitative estimate of drug-likeness (QED) is 0.374. The Bertz CT molecular complexity index is 1070. The van der Waals surface area contributed by atoms with Crippen LogP contribution in [0.25, 0.3) is 22.2 Å². The zero-order valence-corrected chi connectivity index (χ0v) is 16.5. The van der Waals surface area contributed by atoms with E-state index < -0.39 is 23.3 Å². The molecule has 29 heavy (non-hydrogen) atoms. The molecule has 0 aliphatic rings. The van der Waals surface area contributed by atoms with Crippen LogP contribution in [0.15, 0.2) is 60.9 Å². The Kier molecular flexibility index (Phi) is 5.45. The van der Waals surface area contributed by atoms with Crippen LogP contribution in [0.3, 0.4) is 0 Å². The van der Waals surface area contributed by atoms with E-state index in [0.29, 0.717) is 10.7 Å². The third-order valence-electron chi connectivity index (χ3n) is 4.41. The number of benzene rings is 2. The minimum Gasteiger partial charge on any atom is -0.422 e. The van der Waals surface area contributed by atoms with Crippen molar-refractivity contribution in [3.8, 4) is 11.3 Å². The van der Waals surface area contributed by atoms with Crippen LogP contribution < -0.4 is 0 Å². The topological polar surface area (TPSA) is 44.1 Å². The second-order valence-corrected chi connectivity index (χ2v) is 7.66. The molecule has 0 N–H and O–H groups in total. The standard InChI is InChI=1S/C21H18ClF3N2O2/c1-13(21(23,24)25)29-19(28)20(2,3)12-27-17-7-5-4-6-16(17)18(26-27)14-8-10-15(22)11-9-14/h4-11H,1,12H2,2-3H3. The van der Waals surface area contributed by atoms with Gasteiger partial charge in [-0.3, -0.25) is 9.48 Å². The van der Waals surface area contributed by atoms with E-state index in [1.54, 1.807) is 16.8 Å². The van der Waals surface area contributed by atoms with Gasteiger partial charge in [0, 0.05) is 16.0 Å². The van der Waals surface area contributed by atoms with E-state index in [1.807, 2.05) is 36.4 Å². The second kappa shape index (κ2) is 7.55. The molecule has 0 bridgehead atoms. The van der Waals surface area contributed by atoms with E-state index >= 15 is 0 Å². The molecule has 3 aromatic rings. The molecule has 0 spiro atoms. The molecule has 3 rings (SSSR count). The Balaban J connectivity index is 1.95. The molecule has 1 heterocycles. The van der Waals surface area contributed by atoms with E-state index in [2.05, 4.69) is 16.4 Å². The lowest BCUT2D eigenvalue weighted by atomic mass is 9.93. The number of alkyl halides is 3. The third kappa shape index (κ3) is 4.45. The van der Waals surface area contributed by atoms with Crippen LogP contribution in [0, 0.1) is 5.41 Å². The summed E-state index contributed by atoms with van der Waals surface area (Å²) < 4.78 is 44.0. The number of carbonyl (C=O) groups is 1. The Labute approximate surface area is 170 Å². The van der Waals surface area contributed by atoms with Gasteiger partial charge >= 0.3 is 12.1 Å². The van der Waals surface area contributed by atoms with Crippen LogP contribution in [0.4, 0.5) is 13.2 Å². The predicted octanol–water partition coefficient (Wildman–Crippen LogP) is 6.00. The molecule has 0 saturated heterocycles. The first-order valence-electron chi connectivity index (χ1n) is 8.69. The molecule has 0 aliphatic carbocycles. The third-order valence-corrected chi connectivity index (χ3v) is 4.66. The number of aromatic nitrogens is 2. The SMILES string of the molecule is C=C(OC(=O)C(C)(C)Cn1nc(-c2ccc(Cl)cc2)c2ccccc21)C(F)(F)F. The van der Waals surface area contributed by atoms with Crippen molar-refractivity contribution in [2.75, 3.05) is 0 Å². The zero-order valence-electron chi connectivity index (χ0n) is 15.8. The summed E-state index contributed by atoms with van der Waals surface area (Å²) in [4.78, 5) is 12.3. The molecule has 0 amide bonds. The van der Waals surface area contributed by atoms with Crippen molar-refractivity contribution in [2.45, 2.75) is 26.6 Å². The van der Waals surface area contributed by atoms with Gasteiger partial charge < -0.3 is 4.74 Å². The van der Waals surface area contributed by atoms with Gasteiger partial charge in [-0.15, -0.1) is 0 Å². The van der Waals surface area contributed by atoms with Crippen LogP contribution in [0.5, 0.6) is 0 Å². The highest BCUT2D eigenvalue weighted by atomic mass is 35.5. The van der Waals surface area contributed by atoms with Crippen molar-refractivity contribution in [3.63, 3.8) is 0 Å². The van der Waals surface area contributed by atoms with Gasteiger partial charge in [0.25, 0.3) is 0 Å². The summed E-state index contributed by atoms with van der Waals surface area (Å²) >= 11 is 5.95. The number of rotatable bonds is 5. The number of fused-ring (bicyclic) bond motifs is 1. The fourth-order valence-electron chi connectivity index (χ4n) is 2.82. The number of para-hydroxylation sites is 1. The summed E-state index contributed by atoms with van der Waals surface area (Å²) in [5.74, 6) is -2.57. The van der Waals surface area contributed by atoms with Gasteiger partial charge in [0.2, 0.25) is 5.76 Å². The molecule has 152 valence electrons. The number of halogens is 4. The highest BCUT2D eigenvalue weighted by Crippen LogP contribution is 2.32. The van der Waals surface area contributed by atoms with Gasteiger partial charge in [0.05, 0.1) is 17.5 Å². The van der Waals surface area contributed by atoms with Gasteiger partial charge in [-0.1, -0.05) is 48.5 Å². The zero-order chi connectivity index (χ0) is 21.4. The number of nitrogens with zero attached hydrogens (tertiary/aromatic N) is 2. The number of hydrogen-bond donors (Lipinski definition) is 0.